The van der Waals surface area contributed by atoms with E-state index in [4.69, 9.17) is 0 Å². The lowest BCUT2D eigenvalue weighted by Crippen LogP contribution is -2.31. The molecule has 2 aromatic rings. The van der Waals surface area contributed by atoms with Crippen molar-refractivity contribution in [2.45, 2.75) is 46.2 Å². The summed E-state index contributed by atoms with van der Waals surface area (Å²) in [4.78, 5) is 6.59. The number of pyridine rings is 1. The second kappa shape index (κ2) is 9.93. The topological polar surface area (TPSA) is 28.2 Å². The maximum absolute atomic E-state index is 12.9. The highest BCUT2D eigenvalue weighted by atomic mass is 19.4. The molecular formula is C21H30F3N3. The summed E-state index contributed by atoms with van der Waals surface area (Å²) in [5.74, 6) is 0.691. The van der Waals surface area contributed by atoms with Crippen molar-refractivity contribution in [1.82, 2.24) is 9.88 Å². The number of nitrogens with one attached hydrogen (secondary N) is 1. The second-order valence-electron chi connectivity index (χ2n) is 7.18. The fourth-order valence-corrected chi connectivity index (χ4v) is 3.18. The minimum Gasteiger partial charge on any atom is -0.384 e. The van der Waals surface area contributed by atoms with E-state index in [1.807, 2.05) is 6.07 Å². The van der Waals surface area contributed by atoms with Crippen molar-refractivity contribution in [3.05, 3.63) is 36.0 Å². The third-order valence-corrected chi connectivity index (χ3v) is 4.84. The highest BCUT2D eigenvalue weighted by molar-refractivity contribution is 5.91. The molecule has 2 rings (SSSR count). The van der Waals surface area contributed by atoms with E-state index in [1.165, 1.54) is 12.5 Å². The Hall–Kier alpha value is -1.82. The van der Waals surface area contributed by atoms with Gasteiger partial charge in [-0.05, 0) is 50.0 Å². The standard InChI is InChI=1S/C21H30F3N3/c1-4-12-27(15-16(3)5-2)13-6-10-25-19-9-11-26-20-14-17(21(22,23)24)7-8-18(19)20/h7-9,11,14,16H,4-6,10,12-13,15H2,1-3H3,(H,25,26). The summed E-state index contributed by atoms with van der Waals surface area (Å²) in [5.41, 5.74) is 0.525. The van der Waals surface area contributed by atoms with Crippen LogP contribution in [0.25, 0.3) is 10.9 Å². The molecule has 0 spiro atoms. The van der Waals surface area contributed by atoms with Crippen LogP contribution in [-0.2, 0) is 6.18 Å². The van der Waals surface area contributed by atoms with Crippen molar-refractivity contribution in [1.29, 1.82) is 0 Å². The SMILES string of the molecule is CCCN(CCCNc1ccnc2cc(C(F)(F)F)ccc12)CC(C)CC. The van der Waals surface area contributed by atoms with E-state index in [1.54, 1.807) is 6.20 Å². The summed E-state index contributed by atoms with van der Waals surface area (Å²) < 4.78 is 38.6. The van der Waals surface area contributed by atoms with Gasteiger partial charge in [0.1, 0.15) is 0 Å². The first-order valence-electron chi connectivity index (χ1n) is 9.77. The fraction of sp³-hybridized carbons (Fsp3) is 0.571. The molecular weight excluding hydrogens is 351 g/mol. The molecule has 150 valence electrons. The summed E-state index contributed by atoms with van der Waals surface area (Å²) in [7, 11) is 0. The quantitative estimate of drug-likeness (QED) is 0.526. The Bertz CT molecular complexity index is 715. The normalized spacial score (nSPS) is 13.3. The minimum absolute atomic E-state index is 0.360. The zero-order valence-corrected chi connectivity index (χ0v) is 16.4. The lowest BCUT2D eigenvalue weighted by molar-refractivity contribution is -0.137. The van der Waals surface area contributed by atoms with Gasteiger partial charge in [-0.2, -0.15) is 13.2 Å². The Morgan fingerprint density at radius 1 is 1.15 bits per heavy atom. The number of fused-ring (bicyclic) bond motifs is 1. The number of benzene rings is 1. The summed E-state index contributed by atoms with van der Waals surface area (Å²) in [6.07, 6.45) is 0.511. The molecule has 0 amide bonds. The van der Waals surface area contributed by atoms with Gasteiger partial charge < -0.3 is 10.2 Å². The molecule has 3 nitrogen and oxygen atoms in total. The van der Waals surface area contributed by atoms with Gasteiger partial charge in [0.25, 0.3) is 0 Å². The molecule has 0 aliphatic carbocycles. The molecule has 1 N–H and O–H groups in total. The summed E-state index contributed by atoms with van der Waals surface area (Å²) in [6.45, 7) is 10.7. The highest BCUT2D eigenvalue weighted by Crippen LogP contribution is 2.32. The number of anilines is 1. The Morgan fingerprint density at radius 2 is 1.93 bits per heavy atom. The van der Waals surface area contributed by atoms with E-state index in [9.17, 15) is 13.2 Å². The molecule has 0 saturated heterocycles. The van der Waals surface area contributed by atoms with Gasteiger partial charge in [0, 0.05) is 30.4 Å². The third kappa shape index (κ3) is 6.38. The Kier molecular flexibility index (Phi) is 7.90. The van der Waals surface area contributed by atoms with Crippen molar-refractivity contribution < 1.29 is 13.2 Å². The van der Waals surface area contributed by atoms with Gasteiger partial charge in [-0.1, -0.05) is 33.3 Å². The molecule has 1 aromatic heterocycles. The number of aromatic nitrogens is 1. The van der Waals surface area contributed by atoms with Crippen LogP contribution < -0.4 is 5.32 Å². The van der Waals surface area contributed by atoms with Gasteiger partial charge in [0.2, 0.25) is 0 Å². The van der Waals surface area contributed by atoms with Gasteiger partial charge in [-0.15, -0.1) is 0 Å². The van der Waals surface area contributed by atoms with Crippen LogP contribution in [0.4, 0.5) is 18.9 Å². The molecule has 1 unspecified atom stereocenters. The lowest BCUT2D eigenvalue weighted by Gasteiger charge is -2.25. The molecule has 27 heavy (non-hydrogen) atoms. The molecule has 1 aromatic carbocycles. The predicted molar refractivity (Wildman–Crippen MR) is 106 cm³/mol. The van der Waals surface area contributed by atoms with Crippen LogP contribution in [0, 0.1) is 5.92 Å². The first-order valence-corrected chi connectivity index (χ1v) is 9.77. The van der Waals surface area contributed by atoms with Crippen molar-refractivity contribution in [2.24, 2.45) is 5.92 Å². The van der Waals surface area contributed by atoms with Gasteiger partial charge >= 0.3 is 6.18 Å². The van der Waals surface area contributed by atoms with E-state index in [0.29, 0.717) is 11.4 Å². The van der Waals surface area contributed by atoms with E-state index in [0.717, 1.165) is 62.2 Å². The molecule has 1 heterocycles. The number of hydrogen-bond acceptors (Lipinski definition) is 3. The van der Waals surface area contributed by atoms with E-state index in [2.05, 4.69) is 36.0 Å². The maximum Gasteiger partial charge on any atom is 0.416 e. The molecule has 0 aliphatic heterocycles. The summed E-state index contributed by atoms with van der Waals surface area (Å²) in [6, 6.07) is 5.54. The minimum atomic E-state index is -4.35. The van der Waals surface area contributed by atoms with Gasteiger partial charge in [0.05, 0.1) is 11.1 Å². The first-order chi connectivity index (χ1) is 12.8. The van der Waals surface area contributed by atoms with E-state index >= 15 is 0 Å². The molecule has 6 heteroatoms. The molecule has 0 bridgehead atoms. The van der Waals surface area contributed by atoms with Crippen LogP contribution in [0.15, 0.2) is 30.5 Å². The van der Waals surface area contributed by atoms with E-state index in [-0.39, 0.29) is 0 Å². The number of rotatable bonds is 10. The molecule has 0 saturated carbocycles. The Balaban J connectivity index is 1.96. The van der Waals surface area contributed by atoms with Crippen LogP contribution in [0.2, 0.25) is 0 Å². The largest absolute Gasteiger partial charge is 0.416 e. The van der Waals surface area contributed by atoms with Crippen LogP contribution in [-0.4, -0.2) is 36.1 Å². The van der Waals surface area contributed by atoms with Crippen LogP contribution in [0.1, 0.15) is 45.6 Å². The number of hydrogen-bond donors (Lipinski definition) is 1. The van der Waals surface area contributed by atoms with Crippen LogP contribution >= 0.6 is 0 Å². The third-order valence-electron chi connectivity index (χ3n) is 4.84. The second-order valence-corrected chi connectivity index (χ2v) is 7.18. The van der Waals surface area contributed by atoms with Crippen molar-refractivity contribution in [3.63, 3.8) is 0 Å². The van der Waals surface area contributed by atoms with Gasteiger partial charge in [0.15, 0.2) is 0 Å². The van der Waals surface area contributed by atoms with Crippen LogP contribution in [0.5, 0.6) is 0 Å². The smallest absolute Gasteiger partial charge is 0.384 e. The highest BCUT2D eigenvalue weighted by Gasteiger charge is 2.30. The van der Waals surface area contributed by atoms with Crippen molar-refractivity contribution in [3.8, 4) is 0 Å². The Morgan fingerprint density at radius 3 is 2.59 bits per heavy atom. The molecule has 1 atom stereocenters. The average Bonchev–Trinajstić information content (AvgIpc) is 2.64. The number of nitrogens with zero attached hydrogens (tertiary/aromatic N) is 2. The summed E-state index contributed by atoms with van der Waals surface area (Å²) >= 11 is 0. The van der Waals surface area contributed by atoms with Gasteiger partial charge in [-0.25, -0.2) is 0 Å². The zero-order valence-electron chi connectivity index (χ0n) is 16.4. The molecule has 0 aliphatic rings. The monoisotopic (exact) mass is 381 g/mol. The zero-order chi connectivity index (χ0) is 19.9. The fourth-order valence-electron chi connectivity index (χ4n) is 3.18. The van der Waals surface area contributed by atoms with Crippen molar-refractivity contribution in [2.75, 3.05) is 31.5 Å². The Labute approximate surface area is 160 Å². The van der Waals surface area contributed by atoms with Crippen LogP contribution in [0.3, 0.4) is 0 Å². The van der Waals surface area contributed by atoms with Crippen molar-refractivity contribution >= 4 is 16.6 Å². The molecule has 0 fully saturated rings. The first kappa shape index (κ1) is 21.5. The van der Waals surface area contributed by atoms with Gasteiger partial charge in [-0.3, -0.25) is 4.98 Å². The predicted octanol–water partition coefficient (Wildman–Crippen LogP) is 5.81. The van der Waals surface area contributed by atoms with E-state index < -0.39 is 11.7 Å². The number of alkyl halides is 3. The summed E-state index contributed by atoms with van der Waals surface area (Å²) in [5, 5.41) is 4.08. The lowest BCUT2D eigenvalue weighted by atomic mass is 10.1. The average molecular weight is 381 g/mol. The maximum atomic E-state index is 12.9. The molecule has 0 radical (unpaired) electrons. The number of halogens is 3.